The Morgan fingerprint density at radius 3 is 2.15 bits per heavy atom. The van der Waals surface area contributed by atoms with Gasteiger partial charge in [-0.15, -0.1) is 0 Å². The summed E-state index contributed by atoms with van der Waals surface area (Å²) in [5, 5.41) is 3.11. The quantitative estimate of drug-likeness (QED) is 0.512. The van der Waals surface area contributed by atoms with E-state index < -0.39 is 35.4 Å². The molecule has 0 aliphatic carbocycles. The number of carbonyl (C=O) groups is 4. The van der Waals surface area contributed by atoms with Gasteiger partial charge in [-0.1, -0.05) is 18.2 Å². The molecule has 1 amide bonds. The summed E-state index contributed by atoms with van der Waals surface area (Å²) in [7, 11) is 1.17. The smallest absolute Gasteiger partial charge is 0.419 e. The van der Waals surface area contributed by atoms with Gasteiger partial charge in [-0.3, -0.25) is 9.36 Å². The summed E-state index contributed by atoms with van der Waals surface area (Å²) in [6, 6.07) is 5.95. The first-order valence-corrected chi connectivity index (χ1v) is 10.6. The van der Waals surface area contributed by atoms with Crippen LogP contribution in [-0.2, 0) is 30.2 Å². The van der Waals surface area contributed by atoms with Crippen molar-refractivity contribution >= 4 is 34.8 Å². The molecule has 33 heavy (non-hydrogen) atoms. The Kier molecular flexibility index (Phi) is 7.89. The fourth-order valence-electron chi connectivity index (χ4n) is 3.15. The molecule has 2 aromatic rings. The highest BCUT2D eigenvalue weighted by Crippen LogP contribution is 2.24. The van der Waals surface area contributed by atoms with Crippen LogP contribution in [0.2, 0.25) is 0 Å². The lowest BCUT2D eigenvalue weighted by Crippen LogP contribution is -2.45. The molecule has 1 unspecified atom stereocenters. The number of ether oxygens (including phenoxy) is 3. The minimum Gasteiger partial charge on any atom is -0.467 e. The van der Waals surface area contributed by atoms with E-state index in [-0.39, 0.29) is 18.6 Å². The van der Waals surface area contributed by atoms with Gasteiger partial charge in [0.25, 0.3) is 0 Å². The summed E-state index contributed by atoms with van der Waals surface area (Å²) in [5.74, 6) is -1.08. The lowest BCUT2D eigenvalue weighted by molar-refractivity contribution is -0.144. The van der Waals surface area contributed by atoms with Gasteiger partial charge >= 0.3 is 18.2 Å². The fourth-order valence-corrected chi connectivity index (χ4v) is 3.15. The molecule has 0 saturated carbocycles. The zero-order valence-corrected chi connectivity index (χ0v) is 20.2. The number of hydrogen-bond donors (Lipinski definition) is 1. The number of amides is 1. The molecule has 0 saturated heterocycles. The summed E-state index contributed by atoms with van der Waals surface area (Å²) in [4.78, 5) is 49.7. The molecule has 1 N–H and O–H groups in total. The first-order chi connectivity index (χ1) is 15.2. The molecule has 1 atom stereocenters. The molecule has 0 fully saturated rings. The lowest BCUT2D eigenvalue weighted by atomic mass is 10.0. The topological polar surface area (TPSA) is 113 Å². The normalized spacial score (nSPS) is 12.7. The van der Waals surface area contributed by atoms with Crippen molar-refractivity contribution in [2.75, 3.05) is 7.11 Å². The van der Waals surface area contributed by atoms with Crippen LogP contribution in [0.15, 0.2) is 30.5 Å². The molecule has 9 nitrogen and oxygen atoms in total. The number of fused-ring (bicyclic) bond motifs is 1. The summed E-state index contributed by atoms with van der Waals surface area (Å²) in [6.45, 7) is 10.4. The van der Waals surface area contributed by atoms with Crippen LogP contribution in [0, 0.1) is 0 Å². The van der Waals surface area contributed by atoms with Gasteiger partial charge in [0.15, 0.2) is 0 Å². The predicted octanol–water partition coefficient (Wildman–Crippen LogP) is 3.99. The van der Waals surface area contributed by atoms with Crippen molar-refractivity contribution < 1.29 is 33.4 Å². The number of aromatic nitrogens is 1. The molecule has 0 aliphatic heterocycles. The second kappa shape index (κ2) is 10.1. The molecule has 1 heterocycles. The Morgan fingerprint density at radius 2 is 1.58 bits per heavy atom. The maximum absolute atomic E-state index is 12.8. The van der Waals surface area contributed by atoms with Crippen LogP contribution in [0.3, 0.4) is 0 Å². The summed E-state index contributed by atoms with van der Waals surface area (Å²) < 4.78 is 16.7. The Hall–Kier alpha value is -3.36. The number of Topliss-reactive ketones (excluding diaryl/α,β-unsaturated/α-hetero) is 1. The van der Waals surface area contributed by atoms with Crippen LogP contribution in [0.25, 0.3) is 10.9 Å². The molecule has 1 aromatic carbocycles. The van der Waals surface area contributed by atoms with Crippen LogP contribution in [0.5, 0.6) is 0 Å². The summed E-state index contributed by atoms with van der Waals surface area (Å²) >= 11 is 0. The van der Waals surface area contributed by atoms with E-state index >= 15 is 0 Å². The zero-order chi connectivity index (χ0) is 25.0. The number of carbonyl (C=O) groups excluding carboxylic acids is 4. The first kappa shape index (κ1) is 25.9. The van der Waals surface area contributed by atoms with E-state index in [1.165, 1.54) is 11.7 Å². The van der Waals surface area contributed by atoms with Crippen molar-refractivity contribution in [3.63, 3.8) is 0 Å². The number of methoxy groups -OCH3 is 1. The standard InChI is InChI=1S/C24H32N2O7/c1-23(2,3)32-21(29)25-18(20(28)31-7)13-16(27)12-15-14-26(22(30)33-24(4,5)6)19-11-9-8-10-17(15)19/h8-11,14,18H,12-13H2,1-7H3,(H,25,29). The van der Waals surface area contributed by atoms with E-state index in [1.807, 2.05) is 0 Å². The number of nitrogens with zero attached hydrogens (tertiary/aromatic N) is 1. The number of esters is 1. The van der Waals surface area contributed by atoms with Crippen LogP contribution in [0.4, 0.5) is 9.59 Å². The van der Waals surface area contributed by atoms with Crippen molar-refractivity contribution in [1.29, 1.82) is 0 Å². The second-order valence-corrected chi connectivity index (χ2v) is 9.66. The zero-order valence-electron chi connectivity index (χ0n) is 20.2. The van der Waals surface area contributed by atoms with Crippen LogP contribution in [0.1, 0.15) is 53.5 Å². The van der Waals surface area contributed by atoms with Gasteiger partial charge in [0.2, 0.25) is 0 Å². The minimum absolute atomic E-state index is 0.0558. The minimum atomic E-state index is -1.20. The molecule has 180 valence electrons. The molecular formula is C24H32N2O7. The third-order valence-corrected chi connectivity index (χ3v) is 4.38. The molecule has 0 aliphatic rings. The van der Waals surface area contributed by atoms with Gasteiger partial charge in [-0.2, -0.15) is 0 Å². The van der Waals surface area contributed by atoms with Crippen LogP contribution in [-0.4, -0.2) is 52.9 Å². The van der Waals surface area contributed by atoms with Crippen molar-refractivity contribution in [2.45, 2.75) is 71.6 Å². The van der Waals surface area contributed by atoms with Crippen molar-refractivity contribution in [2.24, 2.45) is 0 Å². The molecule has 0 spiro atoms. The molecule has 0 radical (unpaired) electrons. The van der Waals surface area contributed by atoms with Crippen LogP contribution >= 0.6 is 0 Å². The van der Waals surface area contributed by atoms with Crippen molar-refractivity contribution in [3.8, 4) is 0 Å². The molecule has 1 aromatic heterocycles. The maximum Gasteiger partial charge on any atom is 0.419 e. The van der Waals surface area contributed by atoms with E-state index in [0.717, 1.165) is 0 Å². The highest BCUT2D eigenvalue weighted by molar-refractivity contribution is 5.96. The molecule has 0 bridgehead atoms. The highest BCUT2D eigenvalue weighted by Gasteiger charge is 2.28. The van der Waals surface area contributed by atoms with Gasteiger partial charge in [0.05, 0.1) is 12.6 Å². The second-order valence-electron chi connectivity index (χ2n) is 9.66. The monoisotopic (exact) mass is 460 g/mol. The van der Waals surface area contributed by atoms with Gasteiger partial charge in [0, 0.05) is 24.4 Å². The van der Waals surface area contributed by atoms with Gasteiger partial charge in [-0.25, -0.2) is 14.4 Å². The summed E-state index contributed by atoms with van der Waals surface area (Å²) in [5.41, 5.74) is -0.245. The fraction of sp³-hybridized carbons (Fsp3) is 0.500. The maximum atomic E-state index is 12.8. The number of benzene rings is 1. The number of rotatable bonds is 6. The molecule has 9 heteroatoms. The Labute approximate surface area is 193 Å². The number of ketones is 1. The number of alkyl carbamates (subject to hydrolysis) is 1. The Balaban J connectivity index is 2.22. The van der Waals surface area contributed by atoms with Crippen molar-refractivity contribution in [3.05, 3.63) is 36.0 Å². The SMILES string of the molecule is COC(=O)C(CC(=O)Cc1cn(C(=O)OC(C)(C)C)c2ccccc12)NC(=O)OC(C)(C)C. The van der Waals surface area contributed by atoms with E-state index in [1.54, 1.807) is 72.0 Å². The third kappa shape index (κ3) is 7.62. The van der Waals surface area contributed by atoms with E-state index in [9.17, 15) is 19.2 Å². The third-order valence-electron chi connectivity index (χ3n) is 4.38. The van der Waals surface area contributed by atoms with E-state index in [4.69, 9.17) is 14.2 Å². The molecule has 2 rings (SSSR count). The average Bonchev–Trinajstić information content (AvgIpc) is 3.02. The number of hydrogen-bond acceptors (Lipinski definition) is 7. The van der Waals surface area contributed by atoms with Gasteiger partial charge in [-0.05, 0) is 53.2 Å². The largest absolute Gasteiger partial charge is 0.467 e. The van der Waals surface area contributed by atoms with E-state index in [0.29, 0.717) is 16.5 Å². The lowest BCUT2D eigenvalue weighted by Gasteiger charge is -2.22. The van der Waals surface area contributed by atoms with E-state index in [2.05, 4.69) is 5.32 Å². The highest BCUT2D eigenvalue weighted by atomic mass is 16.6. The number of nitrogens with one attached hydrogen (secondary N) is 1. The predicted molar refractivity (Wildman–Crippen MR) is 122 cm³/mol. The average molecular weight is 461 g/mol. The van der Waals surface area contributed by atoms with Crippen molar-refractivity contribution in [1.82, 2.24) is 9.88 Å². The summed E-state index contributed by atoms with van der Waals surface area (Å²) in [6.07, 6.45) is -0.174. The van der Waals surface area contributed by atoms with Gasteiger partial charge < -0.3 is 19.5 Å². The Bertz CT molecular complexity index is 1040. The van der Waals surface area contributed by atoms with Gasteiger partial charge in [0.1, 0.15) is 23.0 Å². The first-order valence-electron chi connectivity index (χ1n) is 10.6. The number of para-hydroxylation sites is 1. The van der Waals surface area contributed by atoms with Crippen LogP contribution < -0.4 is 5.32 Å². The molecular weight excluding hydrogens is 428 g/mol. The Morgan fingerprint density at radius 1 is 0.970 bits per heavy atom.